The zero-order chi connectivity index (χ0) is 36.9. The smallest absolute Gasteiger partial charge is 0.296 e. The molecule has 0 saturated carbocycles. The van der Waals surface area contributed by atoms with Gasteiger partial charge in [0.2, 0.25) is 19.7 Å². The summed E-state index contributed by atoms with van der Waals surface area (Å²) in [6.45, 7) is 1.87. The van der Waals surface area contributed by atoms with Crippen molar-refractivity contribution in [1.29, 1.82) is 0 Å². The zero-order valence-corrected chi connectivity index (χ0v) is 30.5. The van der Waals surface area contributed by atoms with E-state index >= 15 is 0 Å². The molecule has 0 unspecified atom stereocenters. The van der Waals surface area contributed by atoms with Crippen LogP contribution < -0.4 is 0 Å². The first kappa shape index (κ1) is 36.7. The summed E-state index contributed by atoms with van der Waals surface area (Å²) >= 11 is 0. The lowest BCUT2D eigenvalue weighted by Gasteiger charge is -2.07. The van der Waals surface area contributed by atoms with E-state index in [0.29, 0.717) is 29.1 Å². The van der Waals surface area contributed by atoms with Gasteiger partial charge in [-0.1, -0.05) is 66.2 Å². The molecule has 0 spiro atoms. The van der Waals surface area contributed by atoms with Gasteiger partial charge >= 0.3 is 0 Å². The molecule has 0 aliphatic heterocycles. The van der Waals surface area contributed by atoms with Crippen molar-refractivity contribution >= 4 is 51.6 Å². The molecule has 3 N–H and O–H groups in total. The molecule has 13 heteroatoms. The van der Waals surface area contributed by atoms with Gasteiger partial charge in [-0.2, -0.15) is 8.42 Å². The van der Waals surface area contributed by atoms with Crippen molar-refractivity contribution in [3.05, 3.63) is 150 Å². The van der Waals surface area contributed by atoms with Crippen molar-refractivity contribution in [2.45, 2.75) is 44.2 Å². The molecule has 0 bridgehead atoms. The number of aliphatic hydroxyl groups excluding tert-OH is 1. The lowest BCUT2D eigenvalue weighted by molar-refractivity contribution is 0.299. The van der Waals surface area contributed by atoms with Crippen molar-refractivity contribution in [2.75, 3.05) is 13.2 Å². The number of aromatic nitrogens is 2. The minimum atomic E-state index is -3.85. The first-order chi connectivity index (χ1) is 24.9. The van der Waals surface area contributed by atoms with Crippen LogP contribution in [0.5, 0.6) is 0 Å². The van der Waals surface area contributed by atoms with Crippen LogP contribution in [0.25, 0.3) is 21.8 Å². The molecule has 10 nitrogen and oxygen atoms in total. The van der Waals surface area contributed by atoms with E-state index in [1.807, 2.05) is 31.2 Å². The van der Waals surface area contributed by atoms with Crippen LogP contribution in [-0.4, -0.2) is 53.5 Å². The zero-order valence-electron chi connectivity index (χ0n) is 28.1. The fourth-order valence-corrected chi connectivity index (χ4v) is 9.46. The van der Waals surface area contributed by atoms with Gasteiger partial charge in [0.05, 0.1) is 31.1 Å². The first-order valence-electron chi connectivity index (χ1n) is 16.3. The number of benzene rings is 5. The summed E-state index contributed by atoms with van der Waals surface area (Å²) in [4.78, 5) is 7.03. The molecule has 0 amide bonds. The Morgan fingerprint density at radius 1 is 0.558 bits per heavy atom. The molecule has 7 aromatic rings. The molecule has 7 rings (SSSR count). The number of aryl methyl sites for hydroxylation is 1. The van der Waals surface area contributed by atoms with Gasteiger partial charge in [-0.05, 0) is 91.6 Å². The maximum Gasteiger partial charge on any atom is 0.296 e. The second-order valence-electron chi connectivity index (χ2n) is 12.0. The third-order valence-electron chi connectivity index (χ3n) is 8.44. The van der Waals surface area contributed by atoms with Crippen LogP contribution in [0.3, 0.4) is 0 Å². The van der Waals surface area contributed by atoms with Crippen molar-refractivity contribution in [3.63, 3.8) is 0 Å². The van der Waals surface area contributed by atoms with Crippen molar-refractivity contribution < 1.29 is 34.5 Å². The maximum atomic E-state index is 13.0. The van der Waals surface area contributed by atoms with E-state index in [1.165, 1.54) is 24.5 Å². The topological polar surface area (TPSA) is 163 Å². The highest BCUT2D eigenvalue weighted by Crippen LogP contribution is 2.30. The average molecular weight is 757 g/mol. The van der Waals surface area contributed by atoms with Gasteiger partial charge in [0.25, 0.3) is 10.1 Å². The van der Waals surface area contributed by atoms with Crippen molar-refractivity contribution in [2.24, 2.45) is 0 Å². The second kappa shape index (κ2) is 15.3. The Labute approximate surface area is 302 Å². The van der Waals surface area contributed by atoms with E-state index in [2.05, 4.69) is 9.97 Å². The molecule has 52 heavy (non-hydrogen) atoms. The predicted octanol–water partition coefficient (Wildman–Crippen LogP) is 6.79. The third kappa shape index (κ3) is 7.88. The minimum Gasteiger partial charge on any atom is -0.396 e. The van der Waals surface area contributed by atoms with Gasteiger partial charge < -0.3 is 15.1 Å². The number of H-pyrrole nitrogens is 2. The van der Waals surface area contributed by atoms with Crippen molar-refractivity contribution in [1.82, 2.24) is 9.97 Å². The molecule has 2 heterocycles. The van der Waals surface area contributed by atoms with E-state index in [-0.39, 0.29) is 37.7 Å². The molecule has 0 radical (unpaired) electrons. The van der Waals surface area contributed by atoms with E-state index in [1.54, 1.807) is 84.9 Å². The normalized spacial score (nSPS) is 12.1. The number of aromatic amines is 2. The molecular weight excluding hydrogens is 721 g/mol. The van der Waals surface area contributed by atoms with E-state index in [0.717, 1.165) is 22.2 Å². The number of fused-ring (bicyclic) bond motifs is 2. The summed E-state index contributed by atoms with van der Waals surface area (Å²) in [6, 6.07) is 34.0. The second-order valence-corrected chi connectivity index (χ2v) is 17.5. The Balaban J connectivity index is 0.000000192. The van der Waals surface area contributed by atoms with Gasteiger partial charge in [0, 0.05) is 40.8 Å². The maximum absolute atomic E-state index is 13.0. The summed E-state index contributed by atoms with van der Waals surface area (Å²) in [6.07, 6.45) is 3.83. The van der Waals surface area contributed by atoms with Crippen LogP contribution in [0.4, 0.5) is 0 Å². The molecule has 5 aromatic carbocycles. The summed E-state index contributed by atoms with van der Waals surface area (Å²) in [5, 5.41) is 10.2. The Morgan fingerprint density at radius 2 is 1.02 bits per heavy atom. The standard InChI is InChI=1S/C23H21NO5S2.C16H15NO3S/c1-17-7-10-20(11-8-17)31(27,28)29-14-13-18-9-12-22-21(15-18)23(16-24-22)30(25,26)19-5-3-2-4-6-19;18-9-8-12-6-7-15-14(10-12)16(11-17-15)21(19,20)13-4-2-1-3-5-13/h2-12,15-16,24H,13-14H2,1H3;1-7,10-11,17-18H,8-9H2. The molecule has 0 aliphatic carbocycles. The molecule has 0 saturated heterocycles. The lowest BCUT2D eigenvalue weighted by Crippen LogP contribution is -2.09. The SMILES string of the molecule is Cc1ccc(S(=O)(=O)OCCc2ccc3[nH]cc(S(=O)(=O)c4ccccc4)c3c2)cc1.O=S(=O)(c1ccccc1)c1c[nH]c2ccc(CCO)cc12. The van der Waals surface area contributed by atoms with E-state index in [9.17, 15) is 25.3 Å². The number of hydrogen-bond donors (Lipinski definition) is 3. The van der Waals surface area contributed by atoms with Crippen LogP contribution in [0.15, 0.2) is 158 Å². The Bertz CT molecular complexity index is 2650. The Morgan fingerprint density at radius 3 is 1.48 bits per heavy atom. The number of rotatable bonds is 11. The van der Waals surface area contributed by atoms with Gasteiger partial charge in [0.1, 0.15) is 0 Å². The monoisotopic (exact) mass is 756 g/mol. The molecule has 0 fully saturated rings. The van der Waals surface area contributed by atoms with E-state index < -0.39 is 29.8 Å². The Hall–Kier alpha value is -5.05. The average Bonchev–Trinajstić information content (AvgIpc) is 3.78. The molecule has 0 aliphatic rings. The van der Waals surface area contributed by atoms with Crippen LogP contribution in [0.2, 0.25) is 0 Å². The first-order valence-corrected chi connectivity index (χ1v) is 20.6. The van der Waals surface area contributed by atoms with Gasteiger partial charge in [0.15, 0.2) is 0 Å². The summed E-state index contributed by atoms with van der Waals surface area (Å²) in [5.74, 6) is 0. The number of aliphatic hydroxyl groups is 1. The van der Waals surface area contributed by atoms with Gasteiger partial charge in [-0.15, -0.1) is 0 Å². The highest BCUT2D eigenvalue weighted by Gasteiger charge is 2.23. The fraction of sp³-hybridized carbons (Fsp3) is 0.128. The number of sulfone groups is 2. The number of hydrogen-bond acceptors (Lipinski definition) is 8. The van der Waals surface area contributed by atoms with Crippen LogP contribution in [-0.2, 0) is 46.8 Å². The summed E-state index contributed by atoms with van der Waals surface area (Å²) in [5.41, 5.74) is 4.10. The third-order valence-corrected chi connectivity index (χ3v) is 13.4. The minimum absolute atomic E-state index is 0.0384. The van der Waals surface area contributed by atoms with Crippen LogP contribution in [0, 0.1) is 6.92 Å². The summed E-state index contributed by atoms with van der Waals surface area (Å²) < 4.78 is 81.3. The summed E-state index contributed by atoms with van der Waals surface area (Å²) in [7, 11) is -11.1. The van der Waals surface area contributed by atoms with E-state index in [4.69, 9.17) is 9.29 Å². The largest absolute Gasteiger partial charge is 0.396 e. The fourth-order valence-electron chi connectivity index (χ4n) is 5.66. The van der Waals surface area contributed by atoms with Crippen molar-refractivity contribution in [3.8, 4) is 0 Å². The van der Waals surface area contributed by atoms with Crippen LogP contribution >= 0.6 is 0 Å². The molecular formula is C39H36N2O8S3. The highest BCUT2D eigenvalue weighted by atomic mass is 32.2. The predicted molar refractivity (Wildman–Crippen MR) is 199 cm³/mol. The molecule has 268 valence electrons. The molecule has 0 atom stereocenters. The van der Waals surface area contributed by atoms with Gasteiger partial charge in [-0.3, -0.25) is 4.18 Å². The molecule has 2 aromatic heterocycles. The quantitative estimate of drug-likeness (QED) is 0.122. The lowest BCUT2D eigenvalue weighted by atomic mass is 10.1. The Kier molecular flexibility index (Phi) is 10.8. The highest BCUT2D eigenvalue weighted by molar-refractivity contribution is 7.92. The number of nitrogens with one attached hydrogen (secondary N) is 2. The van der Waals surface area contributed by atoms with Gasteiger partial charge in [-0.25, -0.2) is 16.8 Å². The van der Waals surface area contributed by atoms with Crippen LogP contribution in [0.1, 0.15) is 16.7 Å².